The third-order valence-electron chi connectivity index (χ3n) is 2.53. The van der Waals surface area contributed by atoms with E-state index in [-0.39, 0.29) is 5.91 Å². The molecule has 0 fully saturated rings. The van der Waals surface area contributed by atoms with Gasteiger partial charge in [0.05, 0.1) is 7.11 Å². The van der Waals surface area contributed by atoms with E-state index in [2.05, 4.69) is 10.3 Å². The molecule has 1 rings (SSSR count). The summed E-state index contributed by atoms with van der Waals surface area (Å²) < 4.78 is 5.14. The van der Waals surface area contributed by atoms with Crippen molar-refractivity contribution in [3.05, 3.63) is 23.9 Å². The molecule has 0 aliphatic rings. The topological polar surface area (TPSA) is 88.5 Å². The van der Waals surface area contributed by atoms with E-state index in [0.29, 0.717) is 23.8 Å². The quantitative estimate of drug-likeness (QED) is 0.703. The summed E-state index contributed by atoms with van der Waals surface area (Å²) in [6.45, 7) is 1.31. The Morgan fingerprint density at radius 3 is 2.90 bits per heavy atom. The van der Waals surface area contributed by atoms with Crippen LogP contribution in [0.15, 0.2) is 18.3 Å². The van der Waals surface area contributed by atoms with Crippen molar-refractivity contribution in [2.24, 2.45) is 0 Å². The van der Waals surface area contributed by atoms with E-state index in [4.69, 9.17) is 9.84 Å². The molecule has 1 aromatic rings. The number of aliphatic carboxylic acids is 1. The average molecular weight is 298 g/mol. The number of carbonyl (C=O) groups is 2. The largest absolute Gasteiger partial charge is 0.481 e. The first-order valence-corrected chi connectivity index (χ1v) is 7.25. The van der Waals surface area contributed by atoms with Gasteiger partial charge in [0.25, 0.3) is 0 Å². The summed E-state index contributed by atoms with van der Waals surface area (Å²) in [6.07, 6.45) is 2.03. The molecule has 0 saturated carbocycles. The number of ether oxygens (including phenoxy) is 1. The number of hydrogen-bond acceptors (Lipinski definition) is 5. The zero-order valence-electron chi connectivity index (χ0n) is 11.5. The van der Waals surface area contributed by atoms with Gasteiger partial charge in [0, 0.05) is 24.4 Å². The van der Waals surface area contributed by atoms with Crippen LogP contribution in [-0.2, 0) is 15.3 Å². The van der Waals surface area contributed by atoms with Gasteiger partial charge in [0.1, 0.15) is 6.04 Å². The average Bonchev–Trinajstić information content (AvgIpc) is 2.42. The van der Waals surface area contributed by atoms with E-state index in [1.54, 1.807) is 25.1 Å². The van der Waals surface area contributed by atoms with Crippen molar-refractivity contribution in [1.82, 2.24) is 10.3 Å². The Bertz CT molecular complexity index is 467. The number of pyridine rings is 1. The molecule has 0 saturated heterocycles. The van der Waals surface area contributed by atoms with Crippen molar-refractivity contribution in [2.75, 3.05) is 12.9 Å². The van der Waals surface area contributed by atoms with Gasteiger partial charge in [-0.25, -0.2) is 9.78 Å². The van der Waals surface area contributed by atoms with Crippen molar-refractivity contribution in [1.29, 1.82) is 0 Å². The van der Waals surface area contributed by atoms with Gasteiger partial charge in [0.15, 0.2) is 0 Å². The van der Waals surface area contributed by atoms with E-state index in [1.165, 1.54) is 6.92 Å². The Labute approximate surface area is 121 Å². The molecule has 0 bridgehead atoms. The minimum Gasteiger partial charge on any atom is -0.481 e. The molecule has 0 aliphatic heterocycles. The fourth-order valence-electron chi connectivity index (χ4n) is 1.60. The molecule has 1 aromatic heterocycles. The van der Waals surface area contributed by atoms with Crippen LogP contribution in [0.3, 0.4) is 0 Å². The Balaban J connectivity index is 2.40. The maximum atomic E-state index is 10.9. The molecule has 0 aromatic carbocycles. The molecule has 1 unspecified atom stereocenters. The lowest BCUT2D eigenvalue weighted by Crippen LogP contribution is -2.39. The monoisotopic (exact) mass is 298 g/mol. The summed E-state index contributed by atoms with van der Waals surface area (Å²) in [5.74, 6) is 0.534. The number of aromatic nitrogens is 1. The molecule has 0 radical (unpaired) electrons. The molecule has 0 aliphatic carbocycles. The van der Waals surface area contributed by atoms with Crippen molar-refractivity contribution in [2.45, 2.75) is 25.1 Å². The Morgan fingerprint density at radius 2 is 2.30 bits per heavy atom. The zero-order valence-corrected chi connectivity index (χ0v) is 12.3. The molecule has 2 N–H and O–H groups in total. The van der Waals surface area contributed by atoms with Gasteiger partial charge >= 0.3 is 5.97 Å². The lowest BCUT2D eigenvalue weighted by Gasteiger charge is -2.13. The molecule has 6 nitrogen and oxygen atoms in total. The van der Waals surface area contributed by atoms with Gasteiger partial charge in [-0.15, -0.1) is 0 Å². The van der Waals surface area contributed by atoms with Crippen molar-refractivity contribution in [3.63, 3.8) is 0 Å². The number of nitrogens with zero attached hydrogens (tertiary/aromatic N) is 1. The third kappa shape index (κ3) is 5.48. The highest BCUT2D eigenvalue weighted by Gasteiger charge is 2.17. The number of carboxylic acids is 1. The van der Waals surface area contributed by atoms with E-state index in [0.717, 1.165) is 5.56 Å². The summed E-state index contributed by atoms with van der Waals surface area (Å²) >= 11 is 1.57. The molecular formula is C13H18N2O4S. The first-order chi connectivity index (χ1) is 9.54. The smallest absolute Gasteiger partial charge is 0.326 e. The highest BCUT2D eigenvalue weighted by molar-refractivity contribution is 7.98. The minimum absolute atomic E-state index is 0.337. The van der Waals surface area contributed by atoms with Crippen LogP contribution in [0.1, 0.15) is 18.9 Å². The van der Waals surface area contributed by atoms with Crippen LogP contribution in [0.25, 0.3) is 0 Å². The van der Waals surface area contributed by atoms with Crippen LogP contribution in [0.5, 0.6) is 5.88 Å². The molecule has 1 amide bonds. The molecule has 7 heteroatoms. The summed E-state index contributed by atoms with van der Waals surface area (Å²) in [6, 6.07) is 2.91. The van der Waals surface area contributed by atoms with Crippen molar-refractivity contribution < 1.29 is 19.4 Å². The predicted molar refractivity (Wildman–Crippen MR) is 76.8 cm³/mol. The van der Waals surface area contributed by atoms with Crippen LogP contribution in [0, 0.1) is 0 Å². The lowest BCUT2D eigenvalue weighted by molar-refractivity contribution is -0.141. The summed E-state index contributed by atoms with van der Waals surface area (Å²) in [4.78, 5) is 25.9. The first kappa shape index (κ1) is 16.3. The van der Waals surface area contributed by atoms with E-state index in [1.807, 2.05) is 12.1 Å². The number of carboxylic acid groups (broad SMARTS) is 1. The van der Waals surface area contributed by atoms with Crippen LogP contribution in [0.2, 0.25) is 0 Å². The molecule has 20 heavy (non-hydrogen) atoms. The minimum atomic E-state index is -1.01. The standard InChI is InChI=1S/C13H18N2O4S/c1-9(16)15-11(13(17)18)5-7-20-8-10-4-3-6-14-12(10)19-2/h3-4,6,11H,5,7-8H2,1-2H3,(H,15,16)(H,17,18). The maximum Gasteiger partial charge on any atom is 0.326 e. The number of rotatable bonds is 8. The van der Waals surface area contributed by atoms with Crippen LogP contribution >= 0.6 is 11.8 Å². The number of thioether (sulfide) groups is 1. The van der Waals surface area contributed by atoms with E-state index in [9.17, 15) is 9.59 Å². The second kappa shape index (κ2) is 8.42. The number of hydrogen-bond donors (Lipinski definition) is 2. The first-order valence-electron chi connectivity index (χ1n) is 6.10. The number of amides is 1. The van der Waals surface area contributed by atoms with E-state index >= 15 is 0 Å². The zero-order chi connectivity index (χ0) is 15.0. The second-order valence-electron chi connectivity index (χ2n) is 4.10. The van der Waals surface area contributed by atoms with Crippen molar-refractivity contribution in [3.8, 4) is 5.88 Å². The van der Waals surface area contributed by atoms with Gasteiger partial charge in [0.2, 0.25) is 11.8 Å². The molecule has 0 spiro atoms. The summed E-state index contributed by atoms with van der Waals surface area (Å²) in [7, 11) is 1.56. The predicted octanol–water partition coefficient (Wildman–Crippen LogP) is 1.30. The van der Waals surface area contributed by atoms with Crippen LogP contribution in [-0.4, -0.2) is 40.9 Å². The summed E-state index contributed by atoms with van der Waals surface area (Å²) in [5.41, 5.74) is 0.964. The Kier molecular flexibility index (Phi) is 6.86. The summed E-state index contributed by atoms with van der Waals surface area (Å²) in [5, 5.41) is 11.4. The Hall–Kier alpha value is -1.76. The Morgan fingerprint density at radius 1 is 1.55 bits per heavy atom. The van der Waals surface area contributed by atoms with Crippen LogP contribution in [0.4, 0.5) is 0 Å². The fourth-order valence-corrected chi connectivity index (χ4v) is 2.59. The van der Waals surface area contributed by atoms with Crippen molar-refractivity contribution >= 4 is 23.6 Å². The third-order valence-corrected chi connectivity index (χ3v) is 3.57. The van der Waals surface area contributed by atoms with Gasteiger partial charge in [-0.3, -0.25) is 4.79 Å². The second-order valence-corrected chi connectivity index (χ2v) is 5.21. The maximum absolute atomic E-state index is 10.9. The SMILES string of the molecule is COc1ncccc1CSCCC(NC(C)=O)C(=O)O. The van der Waals surface area contributed by atoms with Gasteiger partial charge in [-0.1, -0.05) is 6.07 Å². The lowest BCUT2D eigenvalue weighted by atomic mass is 10.2. The van der Waals surface area contributed by atoms with Gasteiger partial charge < -0.3 is 15.2 Å². The highest BCUT2D eigenvalue weighted by Crippen LogP contribution is 2.20. The highest BCUT2D eigenvalue weighted by atomic mass is 32.2. The normalized spacial score (nSPS) is 11.7. The number of nitrogens with one attached hydrogen (secondary N) is 1. The molecular weight excluding hydrogens is 280 g/mol. The molecule has 1 heterocycles. The van der Waals surface area contributed by atoms with Gasteiger partial charge in [-0.05, 0) is 18.2 Å². The van der Waals surface area contributed by atoms with E-state index < -0.39 is 12.0 Å². The molecule has 1 atom stereocenters. The molecule has 110 valence electrons. The number of carbonyl (C=O) groups excluding carboxylic acids is 1. The van der Waals surface area contributed by atoms with Gasteiger partial charge in [-0.2, -0.15) is 11.8 Å². The number of methoxy groups -OCH3 is 1. The fraction of sp³-hybridized carbons (Fsp3) is 0.462. The van der Waals surface area contributed by atoms with Crippen LogP contribution < -0.4 is 10.1 Å².